The molecule has 0 atom stereocenters. The Morgan fingerprint density at radius 1 is 1.33 bits per heavy atom. The van der Waals surface area contributed by atoms with Crippen LogP contribution >= 0.6 is 22.9 Å². The van der Waals surface area contributed by atoms with Crippen LogP contribution in [0.1, 0.15) is 11.3 Å². The fourth-order valence-corrected chi connectivity index (χ4v) is 3.00. The van der Waals surface area contributed by atoms with Gasteiger partial charge in [-0.15, -0.1) is 11.3 Å². The van der Waals surface area contributed by atoms with E-state index < -0.39 is 0 Å². The van der Waals surface area contributed by atoms with E-state index in [1.807, 2.05) is 30.5 Å². The number of halogens is 1. The molecule has 0 aliphatic rings. The van der Waals surface area contributed by atoms with Crippen LogP contribution < -0.4 is 5.32 Å². The highest BCUT2D eigenvalue weighted by Gasteiger charge is 2.01. The van der Waals surface area contributed by atoms with E-state index in [-0.39, 0.29) is 0 Å². The molecule has 0 fully saturated rings. The van der Waals surface area contributed by atoms with Crippen LogP contribution in [-0.2, 0) is 6.42 Å². The summed E-state index contributed by atoms with van der Waals surface area (Å²) in [6.45, 7) is 1.08. The number of benzene rings is 1. The molecule has 0 aliphatic carbocycles. The van der Waals surface area contributed by atoms with E-state index in [4.69, 9.17) is 11.6 Å². The molecule has 0 aliphatic heterocycles. The van der Waals surface area contributed by atoms with E-state index in [2.05, 4.69) is 17.4 Å². The van der Waals surface area contributed by atoms with Crippen molar-refractivity contribution in [3.8, 4) is 0 Å². The lowest BCUT2D eigenvalue weighted by atomic mass is 10.2. The Bertz CT molecular complexity index is 450. The van der Waals surface area contributed by atoms with Gasteiger partial charge in [0, 0.05) is 14.6 Å². The normalized spacial score (nSPS) is 11.1. The summed E-state index contributed by atoms with van der Waals surface area (Å²) in [5.74, 6) is 0. The zero-order chi connectivity index (χ0) is 10.7. The van der Waals surface area contributed by atoms with E-state index in [1.54, 1.807) is 0 Å². The Morgan fingerprint density at radius 3 is 3.00 bits per heavy atom. The van der Waals surface area contributed by atoms with Crippen LogP contribution in [-0.4, -0.2) is 13.6 Å². The first-order chi connectivity index (χ1) is 7.29. The molecule has 0 saturated heterocycles. The third-order valence-electron chi connectivity index (χ3n) is 2.38. The monoisotopic (exact) mass is 239 g/mol. The van der Waals surface area contributed by atoms with Crippen LogP contribution in [0, 0.1) is 0 Å². The Labute approximate surface area is 99.1 Å². The third kappa shape index (κ3) is 2.71. The average Bonchev–Trinajstić information content (AvgIpc) is 2.60. The number of aryl methyl sites for hydroxylation is 1. The highest BCUT2D eigenvalue weighted by molar-refractivity contribution is 7.19. The summed E-state index contributed by atoms with van der Waals surface area (Å²) in [5.41, 5.74) is 0. The number of hydrogen-bond donors (Lipinski definition) is 1. The maximum absolute atomic E-state index is 5.95. The molecule has 1 aromatic carbocycles. The van der Waals surface area contributed by atoms with Crippen molar-refractivity contribution >= 4 is 33.0 Å². The lowest BCUT2D eigenvalue weighted by Crippen LogP contribution is -2.07. The first-order valence-corrected chi connectivity index (χ1v) is 6.31. The third-order valence-corrected chi connectivity index (χ3v) is 3.78. The molecule has 15 heavy (non-hydrogen) atoms. The molecule has 1 heterocycles. The van der Waals surface area contributed by atoms with Gasteiger partial charge in [-0.1, -0.05) is 17.7 Å². The van der Waals surface area contributed by atoms with Crippen molar-refractivity contribution in [1.29, 1.82) is 0 Å². The summed E-state index contributed by atoms with van der Waals surface area (Å²) in [5, 5.41) is 5.30. The first-order valence-electron chi connectivity index (χ1n) is 5.12. The van der Waals surface area contributed by atoms with Gasteiger partial charge in [0.2, 0.25) is 0 Å². The molecule has 2 aromatic rings. The molecule has 2 rings (SSSR count). The van der Waals surface area contributed by atoms with E-state index in [9.17, 15) is 0 Å². The zero-order valence-electron chi connectivity index (χ0n) is 8.72. The van der Waals surface area contributed by atoms with Gasteiger partial charge < -0.3 is 5.32 Å². The van der Waals surface area contributed by atoms with Crippen molar-refractivity contribution < 1.29 is 0 Å². The molecule has 1 aromatic heterocycles. The molecule has 0 unspecified atom stereocenters. The fourth-order valence-electron chi connectivity index (χ4n) is 1.62. The molecule has 3 heteroatoms. The first kappa shape index (κ1) is 10.9. The second-order valence-electron chi connectivity index (χ2n) is 3.60. The molecular weight excluding hydrogens is 226 g/mol. The van der Waals surface area contributed by atoms with Gasteiger partial charge in [0.05, 0.1) is 0 Å². The molecule has 1 N–H and O–H groups in total. The van der Waals surface area contributed by atoms with Gasteiger partial charge in [-0.05, 0) is 50.0 Å². The molecule has 0 bridgehead atoms. The topological polar surface area (TPSA) is 12.0 Å². The minimum absolute atomic E-state index is 0.825. The second kappa shape index (κ2) is 4.97. The van der Waals surface area contributed by atoms with Crippen LogP contribution in [0.15, 0.2) is 24.3 Å². The second-order valence-corrected chi connectivity index (χ2v) is 5.21. The lowest BCUT2D eigenvalue weighted by molar-refractivity contribution is 0.729. The van der Waals surface area contributed by atoms with Gasteiger partial charge in [-0.25, -0.2) is 0 Å². The van der Waals surface area contributed by atoms with Crippen LogP contribution in [0.25, 0.3) is 10.1 Å². The maximum Gasteiger partial charge on any atom is 0.0420 e. The fraction of sp³-hybridized carbons (Fsp3) is 0.333. The molecular formula is C12H14ClNS. The smallest absolute Gasteiger partial charge is 0.0420 e. The van der Waals surface area contributed by atoms with E-state index >= 15 is 0 Å². The van der Waals surface area contributed by atoms with Crippen molar-refractivity contribution in [2.75, 3.05) is 13.6 Å². The number of hydrogen-bond acceptors (Lipinski definition) is 2. The Hall–Kier alpha value is -0.570. The van der Waals surface area contributed by atoms with Gasteiger partial charge in [0.1, 0.15) is 0 Å². The summed E-state index contributed by atoms with van der Waals surface area (Å²) in [6.07, 6.45) is 2.34. The summed E-state index contributed by atoms with van der Waals surface area (Å²) >= 11 is 7.80. The number of thiophene rings is 1. The van der Waals surface area contributed by atoms with Gasteiger partial charge in [0.15, 0.2) is 0 Å². The predicted octanol–water partition coefficient (Wildman–Crippen LogP) is 3.71. The predicted molar refractivity (Wildman–Crippen MR) is 69.1 cm³/mol. The number of rotatable bonds is 4. The average molecular weight is 240 g/mol. The molecule has 0 amide bonds. The van der Waals surface area contributed by atoms with Crippen LogP contribution in [0.5, 0.6) is 0 Å². The Kier molecular flexibility index (Phi) is 3.62. The summed E-state index contributed by atoms with van der Waals surface area (Å²) in [4.78, 5) is 1.45. The van der Waals surface area contributed by atoms with Gasteiger partial charge in [0.25, 0.3) is 0 Å². The van der Waals surface area contributed by atoms with Crippen molar-refractivity contribution in [3.05, 3.63) is 34.2 Å². The molecule has 1 nitrogen and oxygen atoms in total. The molecule has 0 radical (unpaired) electrons. The summed E-state index contributed by atoms with van der Waals surface area (Å²) in [7, 11) is 1.99. The van der Waals surface area contributed by atoms with E-state index in [0.29, 0.717) is 0 Å². The number of fused-ring (bicyclic) bond motifs is 1. The minimum atomic E-state index is 0.825. The molecule has 80 valence electrons. The largest absolute Gasteiger partial charge is 0.320 e. The highest BCUT2D eigenvalue weighted by Crippen LogP contribution is 2.28. The summed E-state index contributed by atoms with van der Waals surface area (Å²) < 4.78 is 1.29. The maximum atomic E-state index is 5.95. The van der Waals surface area contributed by atoms with Crippen molar-refractivity contribution in [3.63, 3.8) is 0 Å². The standard InChI is InChI=1S/C12H14ClNS/c1-14-6-2-3-11-7-9-4-5-10(13)8-12(9)15-11/h4-5,7-8,14H,2-3,6H2,1H3. The molecule has 0 saturated carbocycles. The van der Waals surface area contributed by atoms with Gasteiger partial charge in [-0.2, -0.15) is 0 Å². The van der Waals surface area contributed by atoms with Crippen LogP contribution in [0.4, 0.5) is 0 Å². The summed E-state index contributed by atoms with van der Waals surface area (Å²) in [6, 6.07) is 8.36. The van der Waals surface area contributed by atoms with E-state index in [0.717, 1.165) is 18.0 Å². The number of nitrogens with one attached hydrogen (secondary N) is 1. The highest BCUT2D eigenvalue weighted by atomic mass is 35.5. The van der Waals surface area contributed by atoms with E-state index in [1.165, 1.54) is 21.4 Å². The van der Waals surface area contributed by atoms with Crippen molar-refractivity contribution in [2.24, 2.45) is 0 Å². The minimum Gasteiger partial charge on any atom is -0.320 e. The van der Waals surface area contributed by atoms with Crippen molar-refractivity contribution in [1.82, 2.24) is 5.32 Å². The lowest BCUT2D eigenvalue weighted by Gasteiger charge is -1.95. The Balaban J connectivity index is 2.16. The van der Waals surface area contributed by atoms with Crippen LogP contribution in [0.2, 0.25) is 5.02 Å². The van der Waals surface area contributed by atoms with Gasteiger partial charge >= 0.3 is 0 Å². The van der Waals surface area contributed by atoms with Crippen LogP contribution in [0.3, 0.4) is 0 Å². The SMILES string of the molecule is CNCCCc1cc2ccc(Cl)cc2s1. The zero-order valence-corrected chi connectivity index (χ0v) is 10.3. The quantitative estimate of drug-likeness (QED) is 0.803. The Morgan fingerprint density at radius 2 is 2.20 bits per heavy atom. The van der Waals surface area contributed by atoms with Gasteiger partial charge in [-0.3, -0.25) is 0 Å². The van der Waals surface area contributed by atoms with Crippen molar-refractivity contribution in [2.45, 2.75) is 12.8 Å². The molecule has 0 spiro atoms.